The van der Waals surface area contributed by atoms with Crippen LogP contribution in [0.25, 0.3) is 0 Å². The largest absolute Gasteiger partial charge is 0.378 e. The van der Waals surface area contributed by atoms with Gasteiger partial charge in [-0.2, -0.15) is 0 Å². The zero-order valence-corrected chi connectivity index (χ0v) is 7.33. The Labute approximate surface area is 70.1 Å². The lowest BCUT2D eigenvalue weighted by atomic mass is 10.1. The summed E-state index contributed by atoms with van der Waals surface area (Å²) in [6.45, 7) is 1.88. The molecule has 1 aromatic rings. The van der Waals surface area contributed by atoms with Gasteiger partial charge in [-0.05, 0) is 24.1 Å². The van der Waals surface area contributed by atoms with Crippen LogP contribution in [0.1, 0.15) is 13.9 Å². The summed E-state index contributed by atoms with van der Waals surface area (Å²) in [7, 11) is 4.03. The van der Waals surface area contributed by atoms with Crippen LogP contribution in [0.3, 0.4) is 0 Å². The van der Waals surface area contributed by atoms with Crippen molar-refractivity contribution in [2.75, 3.05) is 19.0 Å². The van der Waals surface area contributed by atoms with Gasteiger partial charge in [-0.25, -0.2) is 0 Å². The molecule has 0 fully saturated rings. The Morgan fingerprint density at radius 3 is 2.18 bits per heavy atom. The highest BCUT2D eigenvalue weighted by Gasteiger charge is 1.92. The fraction of sp³-hybridized carbons (Fsp3) is 0.400. The van der Waals surface area contributed by atoms with E-state index in [9.17, 15) is 0 Å². The summed E-state index contributed by atoms with van der Waals surface area (Å²) >= 11 is 0. The molecule has 1 rings (SSSR count). The van der Waals surface area contributed by atoms with E-state index in [1.54, 1.807) is 0 Å². The third-order valence-corrected chi connectivity index (χ3v) is 1.74. The molecule has 0 aromatic heterocycles. The summed E-state index contributed by atoms with van der Waals surface area (Å²) < 4.78 is 7.48. The molecule has 0 aliphatic heterocycles. The average Bonchev–Trinajstić information content (AvgIpc) is 2.04. The standard InChI is InChI=1S/C10H15N/c1-4-9-5-7-10(8-6-9)11(2)3/h5-8H,4H2,1-3H3/i4D. The quantitative estimate of drug-likeness (QED) is 0.625. The molecule has 0 bridgehead atoms. The molecule has 0 saturated heterocycles. The smallest absolute Gasteiger partial charge is 0.0361 e. The Balaban J connectivity index is 2.86. The van der Waals surface area contributed by atoms with Gasteiger partial charge in [0.15, 0.2) is 0 Å². The third kappa shape index (κ3) is 1.97. The van der Waals surface area contributed by atoms with Crippen LogP contribution in [0.4, 0.5) is 5.69 Å². The minimum absolute atomic E-state index is 0.124. The number of hydrogen-bond acceptors (Lipinski definition) is 1. The number of rotatable bonds is 2. The first kappa shape index (κ1) is 6.71. The molecule has 11 heavy (non-hydrogen) atoms. The average molecular weight is 150 g/mol. The first-order valence-electron chi connectivity index (χ1n) is 4.38. The SMILES string of the molecule is [2H]C(C)c1ccc(N(C)C)cc1. The van der Waals surface area contributed by atoms with Crippen LogP contribution in [-0.4, -0.2) is 14.1 Å². The molecule has 0 radical (unpaired) electrons. The van der Waals surface area contributed by atoms with E-state index in [0.717, 1.165) is 5.56 Å². The van der Waals surface area contributed by atoms with Crippen molar-refractivity contribution in [2.24, 2.45) is 0 Å². The van der Waals surface area contributed by atoms with Gasteiger partial charge in [-0.15, -0.1) is 0 Å². The molecule has 0 saturated carbocycles. The third-order valence-electron chi connectivity index (χ3n) is 1.74. The second-order valence-electron chi connectivity index (χ2n) is 2.77. The van der Waals surface area contributed by atoms with Crippen LogP contribution in [0.5, 0.6) is 0 Å². The first-order valence-corrected chi connectivity index (χ1v) is 3.81. The summed E-state index contributed by atoms with van der Waals surface area (Å²) in [6.07, 6.45) is -0.124. The lowest BCUT2D eigenvalue weighted by Gasteiger charge is -2.11. The molecule has 0 heterocycles. The monoisotopic (exact) mass is 150 g/mol. The minimum atomic E-state index is -0.124. The molecule has 0 aliphatic rings. The van der Waals surface area contributed by atoms with Gasteiger partial charge >= 0.3 is 0 Å². The molecular formula is C10H15N. The van der Waals surface area contributed by atoms with E-state index in [2.05, 4.69) is 4.90 Å². The normalized spacial score (nSPS) is 13.9. The number of hydrogen-bond donors (Lipinski definition) is 0. The van der Waals surface area contributed by atoms with Crippen molar-refractivity contribution in [3.63, 3.8) is 0 Å². The van der Waals surface area contributed by atoms with Crippen molar-refractivity contribution >= 4 is 5.69 Å². The maximum Gasteiger partial charge on any atom is 0.0361 e. The van der Waals surface area contributed by atoms with Gasteiger partial charge in [-0.1, -0.05) is 19.1 Å². The van der Waals surface area contributed by atoms with E-state index in [1.165, 1.54) is 5.69 Å². The highest BCUT2D eigenvalue weighted by atomic mass is 15.1. The van der Waals surface area contributed by atoms with Crippen molar-refractivity contribution in [3.05, 3.63) is 29.8 Å². The van der Waals surface area contributed by atoms with Crippen molar-refractivity contribution in [2.45, 2.75) is 13.3 Å². The molecule has 0 aliphatic carbocycles. The highest BCUT2D eigenvalue weighted by molar-refractivity contribution is 5.45. The van der Waals surface area contributed by atoms with Crippen LogP contribution in [0.15, 0.2) is 24.3 Å². The molecule has 0 amide bonds. The predicted octanol–water partition coefficient (Wildman–Crippen LogP) is 2.32. The second kappa shape index (κ2) is 3.42. The molecule has 1 aromatic carbocycles. The fourth-order valence-corrected chi connectivity index (χ4v) is 0.965. The number of nitrogens with zero attached hydrogens (tertiary/aromatic N) is 1. The molecule has 1 atom stereocenters. The zero-order chi connectivity index (χ0) is 9.14. The van der Waals surface area contributed by atoms with Crippen LogP contribution in [0.2, 0.25) is 0 Å². The van der Waals surface area contributed by atoms with Gasteiger partial charge in [-0.3, -0.25) is 0 Å². The Bertz CT molecular complexity index is 212. The number of benzene rings is 1. The van der Waals surface area contributed by atoms with Crippen LogP contribution >= 0.6 is 0 Å². The van der Waals surface area contributed by atoms with E-state index in [4.69, 9.17) is 1.37 Å². The van der Waals surface area contributed by atoms with Gasteiger partial charge in [0.25, 0.3) is 0 Å². The Morgan fingerprint density at radius 1 is 1.27 bits per heavy atom. The van der Waals surface area contributed by atoms with Crippen molar-refractivity contribution in [1.29, 1.82) is 0 Å². The summed E-state index contributed by atoms with van der Waals surface area (Å²) in [4.78, 5) is 2.05. The molecular weight excluding hydrogens is 134 g/mol. The number of anilines is 1. The van der Waals surface area contributed by atoms with Crippen LogP contribution in [-0.2, 0) is 6.40 Å². The summed E-state index contributed by atoms with van der Waals surface area (Å²) in [5.74, 6) is 0. The molecule has 1 unspecified atom stereocenters. The summed E-state index contributed by atoms with van der Waals surface area (Å²) in [5.41, 5.74) is 2.25. The van der Waals surface area contributed by atoms with Crippen molar-refractivity contribution < 1.29 is 1.37 Å². The Morgan fingerprint density at radius 2 is 1.82 bits per heavy atom. The molecule has 60 valence electrons. The Kier molecular flexibility index (Phi) is 2.09. The first-order chi connectivity index (χ1) is 5.61. The van der Waals surface area contributed by atoms with Gasteiger partial charge in [0.05, 0.1) is 0 Å². The van der Waals surface area contributed by atoms with Gasteiger partial charge < -0.3 is 4.90 Å². The van der Waals surface area contributed by atoms with Crippen molar-refractivity contribution in [3.8, 4) is 0 Å². The maximum absolute atomic E-state index is 7.48. The number of aryl methyl sites for hydroxylation is 1. The zero-order valence-electron chi connectivity index (χ0n) is 8.33. The van der Waals surface area contributed by atoms with E-state index < -0.39 is 0 Å². The summed E-state index contributed by atoms with van der Waals surface area (Å²) in [6, 6.07) is 8.10. The fourth-order valence-electron chi connectivity index (χ4n) is 0.965. The maximum atomic E-state index is 7.48. The van der Waals surface area contributed by atoms with Crippen LogP contribution in [0, 0.1) is 0 Å². The minimum Gasteiger partial charge on any atom is -0.378 e. The van der Waals surface area contributed by atoms with E-state index in [-0.39, 0.29) is 6.40 Å². The van der Waals surface area contributed by atoms with E-state index >= 15 is 0 Å². The Hall–Kier alpha value is -0.980. The molecule has 1 heteroatoms. The van der Waals surface area contributed by atoms with E-state index in [1.807, 2.05) is 45.3 Å². The highest BCUT2D eigenvalue weighted by Crippen LogP contribution is 2.11. The lowest BCUT2D eigenvalue weighted by Crippen LogP contribution is -2.08. The van der Waals surface area contributed by atoms with Gasteiger partial charge in [0.2, 0.25) is 0 Å². The van der Waals surface area contributed by atoms with Gasteiger partial charge in [0.1, 0.15) is 0 Å². The lowest BCUT2D eigenvalue weighted by molar-refractivity contribution is 1.11. The second-order valence-corrected chi connectivity index (χ2v) is 2.77. The molecule has 0 N–H and O–H groups in total. The van der Waals surface area contributed by atoms with Crippen LogP contribution < -0.4 is 4.90 Å². The molecule has 1 nitrogen and oxygen atoms in total. The topological polar surface area (TPSA) is 3.24 Å². The van der Waals surface area contributed by atoms with Crippen molar-refractivity contribution in [1.82, 2.24) is 0 Å². The van der Waals surface area contributed by atoms with Gasteiger partial charge in [0, 0.05) is 21.2 Å². The van der Waals surface area contributed by atoms with E-state index in [0.29, 0.717) is 0 Å². The summed E-state index contributed by atoms with van der Waals surface area (Å²) in [5, 5.41) is 0. The predicted molar refractivity (Wildman–Crippen MR) is 50.1 cm³/mol. The molecule has 0 spiro atoms.